The van der Waals surface area contributed by atoms with Crippen molar-refractivity contribution in [3.63, 3.8) is 0 Å². The summed E-state index contributed by atoms with van der Waals surface area (Å²) in [6.07, 6.45) is -10.9. The molecule has 7 nitrogen and oxygen atoms in total. The summed E-state index contributed by atoms with van der Waals surface area (Å²) >= 11 is 5.65. The lowest BCUT2D eigenvalue weighted by Gasteiger charge is -2.10. The van der Waals surface area contributed by atoms with Crippen molar-refractivity contribution in [1.82, 2.24) is 19.6 Å². The normalized spacial score (nSPS) is 12.1. The average Bonchev–Trinajstić information content (AvgIpc) is 3.52. The molecule has 4 rings (SSSR count). The van der Waals surface area contributed by atoms with Gasteiger partial charge in [-0.25, -0.2) is 17.6 Å². The van der Waals surface area contributed by atoms with E-state index in [0.717, 1.165) is 12.1 Å². The minimum atomic E-state index is -4.50. The van der Waals surface area contributed by atoms with E-state index in [2.05, 4.69) is 15.5 Å². The number of carbonyl (C=O) groups is 1. The lowest BCUT2D eigenvalue weighted by molar-refractivity contribution is -0.137. The zero-order valence-electron chi connectivity index (χ0n) is 20.2. The van der Waals surface area contributed by atoms with Gasteiger partial charge in [-0.1, -0.05) is 23.7 Å². The van der Waals surface area contributed by atoms with Gasteiger partial charge in [0.05, 0.1) is 40.8 Å². The van der Waals surface area contributed by atoms with E-state index in [-0.39, 0.29) is 18.1 Å². The molecule has 0 radical (unpaired) electrons. The van der Waals surface area contributed by atoms with Crippen LogP contribution in [0.4, 0.5) is 36.4 Å². The van der Waals surface area contributed by atoms with Crippen molar-refractivity contribution in [1.29, 1.82) is 0 Å². The topological polar surface area (TPSA) is 77.9 Å². The molecule has 0 saturated heterocycles. The molecule has 1 amide bonds. The molecule has 3 heterocycles. The van der Waals surface area contributed by atoms with Crippen LogP contribution in [0.25, 0.3) is 0 Å². The maximum absolute atomic E-state index is 13.4. The van der Waals surface area contributed by atoms with Crippen molar-refractivity contribution in [3.05, 3.63) is 86.8 Å². The Bertz CT molecular complexity index is 1510. The molecule has 0 fully saturated rings. The van der Waals surface area contributed by atoms with Gasteiger partial charge in [0.15, 0.2) is 5.76 Å². The summed E-state index contributed by atoms with van der Waals surface area (Å²) in [4.78, 5) is 12.8. The largest absolute Gasteiger partial charge is 0.454 e. The van der Waals surface area contributed by atoms with Crippen molar-refractivity contribution < 1.29 is 39.9 Å². The predicted molar refractivity (Wildman–Crippen MR) is 125 cm³/mol. The van der Waals surface area contributed by atoms with Crippen LogP contribution >= 0.6 is 11.6 Å². The Balaban J connectivity index is 1.50. The molecule has 0 atom stereocenters. The standard InChI is InChI=1S/C24H19ClF7N5O2/c1-11-18(12(2)36(34-11)9-13-4-3-5-14(8-13)24(30,31)32)33-23(38)16-7-6-15(39-16)10-37-20(22(28)29)17(25)19(35-37)21(26)27/h3-8,21-22H,9-10H2,1-2H3,(H,33,38). The van der Waals surface area contributed by atoms with Gasteiger partial charge in [-0.3, -0.25) is 14.2 Å². The van der Waals surface area contributed by atoms with Crippen LogP contribution in [0.1, 0.15) is 63.1 Å². The number of hydrogen-bond donors (Lipinski definition) is 1. The van der Waals surface area contributed by atoms with Crippen LogP contribution in [0.2, 0.25) is 5.02 Å². The highest BCUT2D eigenvalue weighted by atomic mass is 35.5. The third-order valence-corrected chi connectivity index (χ3v) is 6.15. The summed E-state index contributed by atoms with van der Waals surface area (Å²) in [6.45, 7) is 2.72. The van der Waals surface area contributed by atoms with E-state index >= 15 is 0 Å². The lowest BCUT2D eigenvalue weighted by Crippen LogP contribution is -2.13. The van der Waals surface area contributed by atoms with E-state index in [1.54, 1.807) is 13.8 Å². The van der Waals surface area contributed by atoms with Crippen LogP contribution in [-0.4, -0.2) is 25.5 Å². The first kappa shape index (κ1) is 28.2. The quantitative estimate of drug-likeness (QED) is 0.225. The maximum atomic E-state index is 13.4. The summed E-state index contributed by atoms with van der Waals surface area (Å²) in [5.74, 6) is -0.983. The Kier molecular flexibility index (Phi) is 7.77. The highest BCUT2D eigenvalue weighted by Crippen LogP contribution is 2.35. The number of carbonyl (C=O) groups excluding carboxylic acids is 1. The molecular weight excluding hydrogens is 559 g/mol. The Labute approximate surface area is 221 Å². The predicted octanol–water partition coefficient (Wildman–Crippen LogP) is 7.19. The number of aromatic nitrogens is 4. The van der Waals surface area contributed by atoms with Gasteiger partial charge in [-0.15, -0.1) is 0 Å². The fourth-order valence-corrected chi connectivity index (χ4v) is 4.20. The van der Waals surface area contributed by atoms with Gasteiger partial charge < -0.3 is 9.73 Å². The van der Waals surface area contributed by atoms with Crippen LogP contribution in [0.15, 0.2) is 40.8 Å². The van der Waals surface area contributed by atoms with Crippen LogP contribution in [-0.2, 0) is 19.3 Å². The number of aryl methyl sites for hydroxylation is 1. The molecule has 0 aliphatic carbocycles. The third kappa shape index (κ3) is 5.95. The maximum Gasteiger partial charge on any atom is 0.416 e. The van der Waals surface area contributed by atoms with Crippen LogP contribution in [0.3, 0.4) is 0 Å². The molecule has 1 N–H and O–H groups in total. The summed E-state index contributed by atoms with van der Waals surface area (Å²) in [6, 6.07) is 7.32. The second kappa shape index (κ2) is 10.8. The van der Waals surface area contributed by atoms with Crippen molar-refractivity contribution in [3.8, 4) is 0 Å². The summed E-state index contributed by atoms with van der Waals surface area (Å²) in [5, 5.41) is 9.50. The average molecular weight is 578 g/mol. The molecule has 3 aromatic heterocycles. The molecule has 0 bridgehead atoms. The van der Waals surface area contributed by atoms with Gasteiger partial charge in [0.1, 0.15) is 17.1 Å². The summed E-state index contributed by atoms with van der Waals surface area (Å²) < 4.78 is 99.4. The fraction of sp³-hybridized carbons (Fsp3) is 0.292. The minimum absolute atomic E-state index is 0.0108. The highest BCUT2D eigenvalue weighted by molar-refractivity contribution is 6.32. The van der Waals surface area contributed by atoms with Crippen molar-refractivity contribution in [2.75, 3.05) is 5.32 Å². The van der Waals surface area contributed by atoms with Gasteiger partial charge >= 0.3 is 6.18 Å². The number of amides is 1. The van der Waals surface area contributed by atoms with Gasteiger partial charge in [0, 0.05) is 0 Å². The third-order valence-electron chi connectivity index (χ3n) is 5.77. The molecule has 0 saturated carbocycles. The van der Waals surface area contributed by atoms with E-state index in [1.807, 2.05) is 0 Å². The van der Waals surface area contributed by atoms with Gasteiger partial charge in [0.25, 0.3) is 18.8 Å². The fourth-order valence-electron chi connectivity index (χ4n) is 3.90. The lowest BCUT2D eigenvalue weighted by atomic mass is 10.1. The van der Waals surface area contributed by atoms with Crippen molar-refractivity contribution >= 4 is 23.2 Å². The van der Waals surface area contributed by atoms with Crippen LogP contribution in [0, 0.1) is 13.8 Å². The number of furan rings is 1. The number of halogens is 8. The minimum Gasteiger partial charge on any atom is -0.454 e. The molecule has 1 aromatic carbocycles. The molecular formula is C24H19ClF7N5O2. The smallest absolute Gasteiger partial charge is 0.416 e. The Morgan fingerprint density at radius 3 is 2.38 bits per heavy atom. The zero-order valence-corrected chi connectivity index (χ0v) is 20.9. The number of hydrogen-bond acceptors (Lipinski definition) is 4. The van der Waals surface area contributed by atoms with Crippen LogP contribution < -0.4 is 5.32 Å². The number of nitrogens with zero attached hydrogens (tertiary/aromatic N) is 4. The first-order chi connectivity index (χ1) is 18.3. The molecule has 0 aliphatic rings. The summed E-state index contributed by atoms with van der Waals surface area (Å²) in [7, 11) is 0. The SMILES string of the molecule is Cc1nn(Cc2cccc(C(F)(F)F)c2)c(C)c1NC(=O)c1ccc(Cn2nc(C(F)F)c(Cl)c2C(F)F)o1. The second-order valence-electron chi connectivity index (χ2n) is 8.47. The number of rotatable bonds is 8. The molecule has 208 valence electrons. The highest BCUT2D eigenvalue weighted by Gasteiger charge is 2.31. The zero-order chi connectivity index (χ0) is 28.6. The first-order valence-corrected chi connectivity index (χ1v) is 11.6. The van der Waals surface area contributed by atoms with Crippen LogP contribution in [0.5, 0.6) is 0 Å². The summed E-state index contributed by atoms with van der Waals surface area (Å²) in [5.41, 5.74) is -1.22. The molecule has 39 heavy (non-hydrogen) atoms. The Morgan fingerprint density at radius 2 is 1.74 bits per heavy atom. The monoisotopic (exact) mass is 577 g/mol. The number of benzene rings is 1. The number of anilines is 1. The van der Waals surface area contributed by atoms with E-state index in [4.69, 9.17) is 16.0 Å². The number of alkyl halides is 7. The van der Waals surface area contributed by atoms with Crippen molar-refractivity contribution in [2.24, 2.45) is 0 Å². The molecule has 0 aliphatic heterocycles. The Morgan fingerprint density at radius 1 is 1.03 bits per heavy atom. The van der Waals surface area contributed by atoms with Crippen molar-refractivity contribution in [2.45, 2.75) is 46.0 Å². The first-order valence-electron chi connectivity index (χ1n) is 11.2. The molecule has 15 heteroatoms. The molecule has 4 aromatic rings. The van der Waals surface area contributed by atoms with E-state index in [9.17, 15) is 35.5 Å². The molecule has 0 unspecified atom stereocenters. The van der Waals surface area contributed by atoms with Gasteiger partial charge in [-0.2, -0.15) is 23.4 Å². The van der Waals surface area contributed by atoms with Gasteiger partial charge in [-0.05, 0) is 43.7 Å². The van der Waals surface area contributed by atoms with E-state index in [0.29, 0.717) is 27.3 Å². The second-order valence-corrected chi connectivity index (χ2v) is 8.84. The molecule has 0 spiro atoms. The Hall–Kier alpha value is -3.81. The van der Waals surface area contributed by atoms with E-state index < -0.39 is 53.5 Å². The van der Waals surface area contributed by atoms with E-state index in [1.165, 1.54) is 28.9 Å². The number of nitrogens with one attached hydrogen (secondary N) is 1. The van der Waals surface area contributed by atoms with Gasteiger partial charge in [0.2, 0.25) is 0 Å².